The molecular weight excluding hydrogens is 114 g/mol. The van der Waals surface area contributed by atoms with Gasteiger partial charge in [-0.1, -0.05) is 0 Å². The zero-order valence-electron chi connectivity index (χ0n) is 5.30. The van der Waals surface area contributed by atoms with Gasteiger partial charge < -0.3 is 11.5 Å². The second-order valence-electron chi connectivity index (χ2n) is 2.04. The summed E-state index contributed by atoms with van der Waals surface area (Å²) in [5.41, 5.74) is 12.0. The van der Waals surface area contributed by atoms with Crippen LogP contribution in [0, 0.1) is 0 Å². The van der Waals surface area contributed by atoms with Crippen LogP contribution < -0.4 is 11.5 Å². The molecule has 0 fully saturated rings. The summed E-state index contributed by atoms with van der Waals surface area (Å²) in [5, 5.41) is 0. The van der Waals surface area contributed by atoms with Gasteiger partial charge in [0.25, 0.3) is 0 Å². The van der Waals surface area contributed by atoms with E-state index in [1.54, 1.807) is 0 Å². The first-order valence-corrected chi connectivity index (χ1v) is 3.04. The Bertz CT molecular complexity index is 158. The summed E-state index contributed by atoms with van der Waals surface area (Å²) < 4.78 is 0. The lowest BCUT2D eigenvalue weighted by Gasteiger charge is -2.08. The summed E-state index contributed by atoms with van der Waals surface area (Å²) in [6.07, 6.45) is 3.79. The van der Waals surface area contributed by atoms with Crippen LogP contribution in [0.15, 0.2) is 16.4 Å². The van der Waals surface area contributed by atoms with Crippen molar-refractivity contribution in [3.8, 4) is 0 Å². The third-order valence-electron chi connectivity index (χ3n) is 1.41. The molecule has 1 aliphatic heterocycles. The number of rotatable bonds is 1. The van der Waals surface area contributed by atoms with Crippen LogP contribution in [0.1, 0.15) is 12.8 Å². The van der Waals surface area contributed by atoms with Gasteiger partial charge in [0.2, 0.25) is 0 Å². The maximum absolute atomic E-state index is 5.49. The van der Waals surface area contributed by atoms with E-state index >= 15 is 0 Å². The van der Waals surface area contributed by atoms with Gasteiger partial charge in [-0.25, -0.2) is 4.99 Å². The third-order valence-corrected chi connectivity index (χ3v) is 1.41. The largest absolute Gasteiger partial charge is 0.384 e. The van der Waals surface area contributed by atoms with Crippen molar-refractivity contribution in [1.82, 2.24) is 0 Å². The standard InChI is InChI=1S/C6H11N3/c7-4-5-2-1-3-9-6(5)8/h3H,1-2,4,7-8H2. The van der Waals surface area contributed by atoms with Crippen molar-refractivity contribution < 1.29 is 0 Å². The third kappa shape index (κ3) is 1.29. The topological polar surface area (TPSA) is 64.4 Å². The normalized spacial score (nSPS) is 18.8. The Labute approximate surface area is 54.4 Å². The van der Waals surface area contributed by atoms with Gasteiger partial charge in [-0.2, -0.15) is 0 Å². The molecule has 0 atom stereocenters. The Morgan fingerprint density at radius 3 is 2.89 bits per heavy atom. The van der Waals surface area contributed by atoms with E-state index in [1.807, 2.05) is 6.21 Å². The zero-order valence-corrected chi connectivity index (χ0v) is 5.30. The van der Waals surface area contributed by atoms with Crippen LogP contribution in [-0.2, 0) is 0 Å². The van der Waals surface area contributed by atoms with Crippen molar-refractivity contribution in [2.45, 2.75) is 12.8 Å². The van der Waals surface area contributed by atoms with Gasteiger partial charge in [0.15, 0.2) is 0 Å². The number of nitrogens with zero attached hydrogens (tertiary/aromatic N) is 1. The molecule has 50 valence electrons. The zero-order chi connectivity index (χ0) is 6.69. The summed E-state index contributed by atoms with van der Waals surface area (Å²) in [6, 6.07) is 0. The van der Waals surface area contributed by atoms with E-state index in [4.69, 9.17) is 11.5 Å². The molecule has 0 saturated heterocycles. The molecule has 0 saturated carbocycles. The van der Waals surface area contributed by atoms with Crippen molar-refractivity contribution in [2.75, 3.05) is 6.54 Å². The SMILES string of the molecule is NCC1=C(N)N=CCC1. The van der Waals surface area contributed by atoms with E-state index in [-0.39, 0.29) is 0 Å². The number of aliphatic imine (C=N–C) groups is 1. The lowest BCUT2D eigenvalue weighted by Crippen LogP contribution is -2.12. The maximum atomic E-state index is 5.49. The first-order valence-electron chi connectivity index (χ1n) is 3.04. The molecule has 3 heteroatoms. The van der Waals surface area contributed by atoms with E-state index in [1.165, 1.54) is 0 Å². The average molecular weight is 125 g/mol. The summed E-state index contributed by atoms with van der Waals surface area (Å²) in [5.74, 6) is 0.615. The predicted molar refractivity (Wildman–Crippen MR) is 38.0 cm³/mol. The van der Waals surface area contributed by atoms with E-state index in [0.29, 0.717) is 12.4 Å². The van der Waals surface area contributed by atoms with Crippen molar-refractivity contribution in [2.24, 2.45) is 16.5 Å². The van der Waals surface area contributed by atoms with Crippen LogP contribution in [0.3, 0.4) is 0 Å². The van der Waals surface area contributed by atoms with Crippen LogP contribution >= 0.6 is 0 Å². The number of hydrogen-bond donors (Lipinski definition) is 2. The van der Waals surface area contributed by atoms with Gasteiger partial charge in [-0.15, -0.1) is 0 Å². The van der Waals surface area contributed by atoms with E-state index in [2.05, 4.69) is 4.99 Å². The molecule has 0 spiro atoms. The second-order valence-corrected chi connectivity index (χ2v) is 2.04. The molecule has 0 amide bonds. The predicted octanol–water partition coefficient (Wildman–Crippen LogP) is -0.0200. The first-order chi connectivity index (χ1) is 4.34. The lowest BCUT2D eigenvalue weighted by molar-refractivity contribution is 0.897. The second kappa shape index (κ2) is 2.64. The summed E-state index contributed by atoms with van der Waals surface area (Å²) in [7, 11) is 0. The molecule has 0 aromatic heterocycles. The van der Waals surface area contributed by atoms with Crippen molar-refractivity contribution in [1.29, 1.82) is 0 Å². The summed E-state index contributed by atoms with van der Waals surface area (Å²) >= 11 is 0. The minimum Gasteiger partial charge on any atom is -0.384 e. The molecule has 0 radical (unpaired) electrons. The molecule has 0 unspecified atom stereocenters. The first kappa shape index (κ1) is 6.29. The molecule has 1 heterocycles. The molecule has 4 N–H and O–H groups in total. The smallest absolute Gasteiger partial charge is 0.123 e. The fourth-order valence-corrected chi connectivity index (χ4v) is 0.828. The molecule has 3 nitrogen and oxygen atoms in total. The average Bonchev–Trinajstić information content (AvgIpc) is 1.89. The molecular formula is C6H11N3. The minimum absolute atomic E-state index is 0.545. The van der Waals surface area contributed by atoms with Crippen molar-refractivity contribution >= 4 is 6.21 Å². The van der Waals surface area contributed by atoms with Crippen LogP contribution in [0.4, 0.5) is 0 Å². The Balaban J connectivity index is 2.72. The summed E-state index contributed by atoms with van der Waals surface area (Å²) in [6.45, 7) is 0.545. The molecule has 0 bridgehead atoms. The van der Waals surface area contributed by atoms with Gasteiger partial charge in [-0.05, 0) is 18.4 Å². The van der Waals surface area contributed by atoms with Gasteiger partial charge in [-0.3, -0.25) is 0 Å². The lowest BCUT2D eigenvalue weighted by atomic mass is 10.1. The highest BCUT2D eigenvalue weighted by atomic mass is 14.9. The molecule has 1 rings (SSSR count). The Morgan fingerprint density at radius 1 is 1.67 bits per heavy atom. The number of nitrogens with two attached hydrogens (primary N) is 2. The monoisotopic (exact) mass is 125 g/mol. The highest BCUT2D eigenvalue weighted by Crippen LogP contribution is 2.10. The van der Waals surface area contributed by atoms with Crippen LogP contribution in [0.2, 0.25) is 0 Å². The van der Waals surface area contributed by atoms with Gasteiger partial charge >= 0.3 is 0 Å². The van der Waals surface area contributed by atoms with Crippen molar-refractivity contribution in [3.63, 3.8) is 0 Å². The Hall–Kier alpha value is -0.830. The van der Waals surface area contributed by atoms with Crippen LogP contribution in [0.5, 0.6) is 0 Å². The van der Waals surface area contributed by atoms with Crippen molar-refractivity contribution in [3.05, 3.63) is 11.4 Å². The minimum atomic E-state index is 0.545. The molecule has 1 aliphatic rings. The fourth-order valence-electron chi connectivity index (χ4n) is 0.828. The molecule has 0 aliphatic carbocycles. The van der Waals surface area contributed by atoms with Gasteiger partial charge in [0, 0.05) is 12.8 Å². The number of hydrogen-bond acceptors (Lipinski definition) is 3. The fraction of sp³-hybridized carbons (Fsp3) is 0.500. The highest BCUT2D eigenvalue weighted by molar-refractivity contribution is 5.61. The molecule has 9 heavy (non-hydrogen) atoms. The maximum Gasteiger partial charge on any atom is 0.123 e. The quantitative estimate of drug-likeness (QED) is 0.517. The molecule has 0 aromatic rings. The highest BCUT2D eigenvalue weighted by Gasteiger charge is 2.02. The Kier molecular flexibility index (Phi) is 1.85. The molecule has 0 aromatic carbocycles. The van der Waals surface area contributed by atoms with Crippen LogP contribution in [-0.4, -0.2) is 12.8 Å². The van der Waals surface area contributed by atoms with E-state index < -0.39 is 0 Å². The van der Waals surface area contributed by atoms with Crippen LogP contribution in [0.25, 0.3) is 0 Å². The van der Waals surface area contributed by atoms with Gasteiger partial charge in [0.1, 0.15) is 5.82 Å². The van der Waals surface area contributed by atoms with E-state index in [9.17, 15) is 0 Å². The summed E-state index contributed by atoms with van der Waals surface area (Å²) in [4.78, 5) is 3.93. The van der Waals surface area contributed by atoms with Gasteiger partial charge in [0.05, 0.1) is 0 Å². The Morgan fingerprint density at radius 2 is 2.44 bits per heavy atom. The van der Waals surface area contributed by atoms with E-state index in [0.717, 1.165) is 18.4 Å².